The molecule has 0 aromatic carbocycles. The highest BCUT2D eigenvalue weighted by atomic mass is 32.1. The number of fused-ring (bicyclic) bond motifs is 1. The zero-order valence-electron chi connectivity index (χ0n) is 13.3. The fourth-order valence-corrected chi connectivity index (χ4v) is 5.86. The van der Waals surface area contributed by atoms with E-state index in [1.165, 1.54) is 49.2 Å². The highest BCUT2D eigenvalue weighted by molar-refractivity contribution is 7.12. The quantitative estimate of drug-likeness (QED) is 0.905. The van der Waals surface area contributed by atoms with Crippen molar-refractivity contribution in [3.8, 4) is 0 Å². The maximum atomic E-state index is 5.08. The summed E-state index contributed by atoms with van der Waals surface area (Å²) in [5.41, 5.74) is 1.53. The van der Waals surface area contributed by atoms with E-state index >= 15 is 0 Å². The van der Waals surface area contributed by atoms with Crippen LogP contribution in [-0.2, 0) is 18.4 Å². The number of aromatic nitrogens is 1. The van der Waals surface area contributed by atoms with Crippen molar-refractivity contribution in [3.63, 3.8) is 0 Å². The van der Waals surface area contributed by atoms with Gasteiger partial charge in [-0.2, -0.15) is 0 Å². The number of hydrogen-bond acceptors (Lipinski definition) is 3. The molecule has 2 aliphatic carbocycles. The van der Waals surface area contributed by atoms with Crippen LogP contribution in [0.25, 0.3) is 0 Å². The van der Waals surface area contributed by atoms with E-state index < -0.39 is 0 Å². The first-order chi connectivity index (χ1) is 9.56. The van der Waals surface area contributed by atoms with Crippen molar-refractivity contribution in [3.05, 3.63) is 15.6 Å². The van der Waals surface area contributed by atoms with E-state index in [1.54, 1.807) is 4.88 Å². The Bertz CT molecular complexity index is 458. The summed E-state index contributed by atoms with van der Waals surface area (Å²) in [6, 6.07) is 0. The van der Waals surface area contributed by atoms with Crippen molar-refractivity contribution < 1.29 is 0 Å². The molecule has 1 heterocycles. The van der Waals surface area contributed by atoms with Gasteiger partial charge in [-0.05, 0) is 56.9 Å². The molecule has 1 saturated carbocycles. The Morgan fingerprint density at radius 3 is 2.75 bits per heavy atom. The molecule has 0 aliphatic heterocycles. The van der Waals surface area contributed by atoms with E-state index in [9.17, 15) is 0 Å². The van der Waals surface area contributed by atoms with Gasteiger partial charge in [0.25, 0.3) is 0 Å². The Labute approximate surface area is 127 Å². The van der Waals surface area contributed by atoms with Gasteiger partial charge in [0.1, 0.15) is 5.01 Å². The van der Waals surface area contributed by atoms with Gasteiger partial charge >= 0.3 is 0 Å². The molecule has 20 heavy (non-hydrogen) atoms. The predicted octanol–water partition coefficient (Wildman–Crippen LogP) is 4.14. The zero-order chi connectivity index (χ0) is 14.3. The molecule has 1 aromatic rings. The first-order valence-corrected chi connectivity index (χ1v) is 9.06. The third kappa shape index (κ3) is 2.23. The highest BCUT2D eigenvalue weighted by Gasteiger charge is 2.47. The summed E-state index contributed by atoms with van der Waals surface area (Å²) in [7, 11) is 2.15. The van der Waals surface area contributed by atoms with Gasteiger partial charge in [0.2, 0.25) is 0 Å². The molecule has 1 fully saturated rings. The molecule has 0 saturated heterocycles. The lowest BCUT2D eigenvalue weighted by atomic mass is 9.65. The van der Waals surface area contributed by atoms with Gasteiger partial charge in [-0.25, -0.2) is 4.98 Å². The van der Waals surface area contributed by atoms with Crippen LogP contribution >= 0.6 is 11.3 Å². The maximum Gasteiger partial charge on any atom is 0.114 e. The van der Waals surface area contributed by atoms with Crippen LogP contribution in [0, 0.1) is 17.8 Å². The zero-order valence-corrected chi connectivity index (χ0v) is 14.1. The molecule has 112 valence electrons. The largest absolute Gasteiger partial charge is 0.308 e. The monoisotopic (exact) mass is 292 g/mol. The lowest BCUT2D eigenvalue weighted by Crippen LogP contribution is -2.52. The second kappa shape index (κ2) is 5.42. The summed E-state index contributed by atoms with van der Waals surface area (Å²) in [6.45, 7) is 7.17. The molecule has 3 heteroatoms. The Morgan fingerprint density at radius 1 is 1.30 bits per heavy atom. The number of aryl methyl sites for hydroxylation is 2. The Morgan fingerprint density at radius 2 is 2.10 bits per heavy atom. The van der Waals surface area contributed by atoms with Gasteiger partial charge in [0.15, 0.2) is 0 Å². The van der Waals surface area contributed by atoms with Crippen LogP contribution in [-0.4, -0.2) is 12.0 Å². The van der Waals surface area contributed by atoms with Gasteiger partial charge in [-0.15, -0.1) is 11.3 Å². The summed E-state index contributed by atoms with van der Waals surface area (Å²) >= 11 is 2.00. The summed E-state index contributed by atoms with van der Waals surface area (Å²) in [6.07, 6.45) is 7.73. The van der Waals surface area contributed by atoms with E-state index in [0.717, 1.165) is 11.8 Å². The van der Waals surface area contributed by atoms with Crippen molar-refractivity contribution in [2.75, 3.05) is 7.05 Å². The Balaban J connectivity index is 2.01. The molecule has 3 atom stereocenters. The summed E-state index contributed by atoms with van der Waals surface area (Å²) in [4.78, 5) is 6.65. The summed E-state index contributed by atoms with van der Waals surface area (Å²) < 4.78 is 0. The normalized spacial score (nSPS) is 33.6. The van der Waals surface area contributed by atoms with E-state index in [1.807, 2.05) is 11.3 Å². The van der Waals surface area contributed by atoms with Crippen LogP contribution in [0.5, 0.6) is 0 Å². The van der Waals surface area contributed by atoms with Crippen molar-refractivity contribution in [1.82, 2.24) is 10.3 Å². The first kappa shape index (κ1) is 14.5. The van der Waals surface area contributed by atoms with E-state index in [4.69, 9.17) is 4.98 Å². The number of rotatable bonds is 3. The van der Waals surface area contributed by atoms with Crippen LogP contribution in [0.1, 0.15) is 62.0 Å². The molecular weight excluding hydrogens is 264 g/mol. The smallest absolute Gasteiger partial charge is 0.114 e. The average molecular weight is 292 g/mol. The SMILES string of the molecule is CNC1(c2nc3c(s2)CCC3)CC(C)CCC1C(C)C. The van der Waals surface area contributed by atoms with Gasteiger partial charge in [-0.3, -0.25) is 0 Å². The number of hydrogen-bond donors (Lipinski definition) is 1. The standard InChI is InChI=1S/C17H28N2S/c1-11(2)13-9-8-12(3)10-17(13,18-4)16-19-14-6-5-7-15(14)20-16/h11-13,18H,5-10H2,1-4H3. The summed E-state index contributed by atoms with van der Waals surface area (Å²) in [5, 5.41) is 5.12. The number of thiazole rings is 1. The van der Waals surface area contributed by atoms with Crippen LogP contribution in [0.4, 0.5) is 0 Å². The van der Waals surface area contributed by atoms with Crippen molar-refractivity contribution >= 4 is 11.3 Å². The second-order valence-electron chi connectivity index (χ2n) is 7.20. The Kier molecular flexibility index (Phi) is 3.93. The first-order valence-electron chi connectivity index (χ1n) is 8.24. The fraction of sp³-hybridized carbons (Fsp3) is 0.824. The minimum absolute atomic E-state index is 0.126. The number of nitrogens with zero attached hydrogens (tertiary/aromatic N) is 1. The molecule has 2 nitrogen and oxygen atoms in total. The molecule has 2 aliphatic rings. The minimum Gasteiger partial charge on any atom is -0.308 e. The van der Waals surface area contributed by atoms with E-state index in [-0.39, 0.29) is 5.54 Å². The van der Waals surface area contributed by atoms with E-state index in [0.29, 0.717) is 5.92 Å². The third-order valence-electron chi connectivity index (χ3n) is 5.50. The van der Waals surface area contributed by atoms with Crippen LogP contribution in [0.15, 0.2) is 0 Å². The maximum absolute atomic E-state index is 5.08. The molecule has 3 rings (SSSR count). The molecule has 0 spiro atoms. The van der Waals surface area contributed by atoms with Gasteiger partial charge in [0.05, 0.1) is 11.2 Å². The molecular formula is C17H28N2S. The van der Waals surface area contributed by atoms with Crippen LogP contribution in [0.2, 0.25) is 0 Å². The lowest BCUT2D eigenvalue weighted by Gasteiger charge is -2.47. The third-order valence-corrected chi connectivity index (χ3v) is 6.84. The average Bonchev–Trinajstić information content (AvgIpc) is 2.98. The molecule has 0 amide bonds. The van der Waals surface area contributed by atoms with Gasteiger partial charge in [-0.1, -0.05) is 27.2 Å². The fourth-order valence-electron chi connectivity index (χ4n) is 4.44. The molecule has 0 radical (unpaired) electrons. The number of nitrogens with one attached hydrogen (secondary N) is 1. The Hall–Kier alpha value is -0.410. The molecule has 1 aromatic heterocycles. The van der Waals surface area contributed by atoms with Crippen molar-refractivity contribution in [2.45, 2.75) is 64.8 Å². The van der Waals surface area contributed by atoms with Crippen LogP contribution in [0.3, 0.4) is 0 Å². The molecule has 1 N–H and O–H groups in total. The van der Waals surface area contributed by atoms with Crippen molar-refractivity contribution in [1.29, 1.82) is 0 Å². The highest BCUT2D eigenvalue weighted by Crippen LogP contribution is 2.49. The van der Waals surface area contributed by atoms with Crippen LogP contribution < -0.4 is 5.32 Å². The van der Waals surface area contributed by atoms with Gasteiger partial charge in [0, 0.05) is 4.88 Å². The van der Waals surface area contributed by atoms with Gasteiger partial charge < -0.3 is 5.32 Å². The summed E-state index contributed by atoms with van der Waals surface area (Å²) in [5.74, 6) is 2.24. The second-order valence-corrected chi connectivity index (χ2v) is 8.28. The lowest BCUT2D eigenvalue weighted by molar-refractivity contribution is 0.0793. The van der Waals surface area contributed by atoms with Crippen molar-refractivity contribution in [2.24, 2.45) is 17.8 Å². The minimum atomic E-state index is 0.126. The molecule has 3 unspecified atom stereocenters. The molecule has 0 bridgehead atoms. The van der Waals surface area contributed by atoms with E-state index in [2.05, 4.69) is 33.1 Å². The predicted molar refractivity (Wildman–Crippen MR) is 86.2 cm³/mol. The topological polar surface area (TPSA) is 24.9 Å².